The Labute approximate surface area is 441 Å². The van der Waals surface area contributed by atoms with Crippen molar-refractivity contribution in [3.8, 4) is 11.5 Å². The molecule has 0 bridgehead atoms. The molecule has 0 radical (unpaired) electrons. The summed E-state index contributed by atoms with van der Waals surface area (Å²) in [5.74, 6) is 0.923. The van der Waals surface area contributed by atoms with Gasteiger partial charge in [-0.3, -0.25) is 14.4 Å². The molecule has 18 heteroatoms. The summed E-state index contributed by atoms with van der Waals surface area (Å²) in [6, 6.07) is 22.2. The second kappa shape index (κ2) is 23.8. The van der Waals surface area contributed by atoms with Gasteiger partial charge < -0.3 is 59.9 Å². The molecular formula is C52H63Cl2N2NaO13. The molecule has 0 spiro atoms. The molecule has 2 fully saturated rings. The minimum atomic E-state index is -1.46. The summed E-state index contributed by atoms with van der Waals surface area (Å²) in [4.78, 5) is 36.4. The quantitative estimate of drug-likeness (QED) is 0.104. The maximum atomic E-state index is 12.3. The summed E-state index contributed by atoms with van der Waals surface area (Å²) in [7, 11) is 0.750. The van der Waals surface area contributed by atoms with Crippen molar-refractivity contribution in [1.82, 2.24) is 0 Å². The van der Waals surface area contributed by atoms with Gasteiger partial charge in [-0.1, -0.05) is 80.4 Å². The molecule has 2 amide bonds. The fraction of sp³-hybridized carbons (Fsp3) is 0.481. The van der Waals surface area contributed by atoms with Crippen LogP contribution < -0.4 is 54.8 Å². The van der Waals surface area contributed by atoms with E-state index in [1.165, 1.54) is 6.92 Å². The van der Waals surface area contributed by atoms with Crippen LogP contribution in [0.5, 0.6) is 11.5 Å². The second-order valence-electron chi connectivity index (χ2n) is 18.9. The molecule has 0 aliphatic carbocycles. The Kier molecular flexibility index (Phi) is 19.4. The number of esters is 1. The van der Waals surface area contributed by atoms with Crippen LogP contribution in [-0.4, -0.2) is 99.8 Å². The molecule has 0 aromatic heterocycles. The van der Waals surface area contributed by atoms with E-state index in [9.17, 15) is 34.8 Å². The summed E-state index contributed by atoms with van der Waals surface area (Å²) in [5, 5.41) is 55.1. The second-order valence-corrected chi connectivity index (χ2v) is 19.7. The standard InChI is InChI=1S/C28H34ClNO5.C23H26ClNO7.CH3O.Na/c1-7-23-15(2)16(3)25(33-17(4)31)26(34-23)19-9-10-21(29)20(14-19)12-18-8-11-24-22(13-18)30-27(32)28(5,6)35-24;1-23(2)22(30)25-15-8-11(3-6-16(15)32-23)7-13-9-12(4-5-14(13)24)21-20(29)19(28)18(27)17(10-26)31-21;1-2;/h8-11,13-16,23,25-26H,7,12H2,1-6H3,(H,30,32);3-6,8-9,17-21,26-29H,7,10H2,1-2H3,(H,25,30);1H3;/q;;-1;+1/t15?,16-,23+,25?,26?;17-,18?,19+,20?,21?;;/m01../s1. The van der Waals surface area contributed by atoms with Crippen molar-refractivity contribution in [2.75, 3.05) is 24.4 Å². The van der Waals surface area contributed by atoms with E-state index in [-0.39, 0.29) is 77.5 Å². The van der Waals surface area contributed by atoms with Crippen LogP contribution in [0.25, 0.3) is 0 Å². The zero-order valence-corrected chi connectivity index (χ0v) is 44.8. The summed E-state index contributed by atoms with van der Waals surface area (Å²) in [6.07, 6.45) is -4.99. The fourth-order valence-corrected chi connectivity index (χ4v) is 9.34. The number of nitrogens with one attached hydrogen (secondary N) is 2. The number of rotatable bonds is 9. The van der Waals surface area contributed by atoms with Crippen molar-refractivity contribution in [3.63, 3.8) is 0 Å². The Bertz CT molecular complexity index is 2510. The summed E-state index contributed by atoms with van der Waals surface area (Å²) >= 11 is 13.0. The van der Waals surface area contributed by atoms with Crippen molar-refractivity contribution in [1.29, 1.82) is 0 Å². The normalized spacial score (nSPS) is 27.1. The predicted molar refractivity (Wildman–Crippen MR) is 259 cm³/mol. The molecule has 4 aliphatic heterocycles. The predicted octanol–water partition coefficient (Wildman–Crippen LogP) is 3.63. The van der Waals surface area contributed by atoms with Crippen LogP contribution in [0.1, 0.15) is 107 Å². The first kappa shape index (κ1) is 57.1. The molecule has 10 atom stereocenters. The molecule has 6 N–H and O–H groups in total. The van der Waals surface area contributed by atoms with Crippen molar-refractivity contribution in [2.45, 2.75) is 135 Å². The third kappa shape index (κ3) is 12.7. The number of fused-ring (bicyclic) bond motifs is 2. The monoisotopic (exact) mass is 1020 g/mol. The van der Waals surface area contributed by atoms with E-state index in [2.05, 4.69) is 31.4 Å². The molecule has 2 saturated heterocycles. The summed E-state index contributed by atoms with van der Waals surface area (Å²) < 4.78 is 29.5. The van der Waals surface area contributed by atoms with Gasteiger partial charge >= 0.3 is 35.5 Å². The Balaban J connectivity index is 0.000000249. The molecule has 6 unspecified atom stereocenters. The number of carbonyl (C=O) groups is 3. The number of amides is 2. The number of aliphatic hydroxyl groups is 4. The maximum absolute atomic E-state index is 12.3. The molecule has 70 heavy (non-hydrogen) atoms. The number of ether oxygens (including phenoxy) is 5. The molecular weight excluding hydrogens is 954 g/mol. The third-order valence-electron chi connectivity index (χ3n) is 13.1. The van der Waals surface area contributed by atoms with Gasteiger partial charge in [-0.2, -0.15) is 7.11 Å². The Morgan fingerprint density at radius 2 is 1.14 bits per heavy atom. The van der Waals surface area contributed by atoms with E-state index in [4.69, 9.17) is 52.0 Å². The maximum Gasteiger partial charge on any atom is 1.00 e. The first-order valence-electron chi connectivity index (χ1n) is 23.0. The minimum absolute atomic E-state index is 0. The number of halogens is 2. The Morgan fingerprint density at radius 1 is 0.686 bits per heavy atom. The Hall–Kier alpha value is -3.81. The average molecular weight is 1020 g/mol. The van der Waals surface area contributed by atoms with Crippen LogP contribution in [0.3, 0.4) is 0 Å². The van der Waals surface area contributed by atoms with Crippen molar-refractivity contribution in [2.24, 2.45) is 11.8 Å². The van der Waals surface area contributed by atoms with Gasteiger partial charge in [0.15, 0.2) is 11.2 Å². The third-order valence-corrected chi connectivity index (χ3v) is 13.9. The number of hydrogen-bond acceptors (Lipinski definition) is 13. The Morgan fingerprint density at radius 3 is 1.59 bits per heavy atom. The van der Waals surface area contributed by atoms with Crippen LogP contribution >= 0.6 is 23.2 Å². The van der Waals surface area contributed by atoms with Gasteiger partial charge in [0.1, 0.15) is 54.2 Å². The largest absolute Gasteiger partial charge is 1.00 e. The van der Waals surface area contributed by atoms with Gasteiger partial charge in [-0.05, 0) is 123 Å². The van der Waals surface area contributed by atoms with E-state index in [0.717, 1.165) is 41.3 Å². The first-order valence-corrected chi connectivity index (χ1v) is 23.7. The number of aliphatic hydroxyl groups excluding tert-OH is 4. The van der Waals surface area contributed by atoms with Gasteiger partial charge in [-0.15, -0.1) is 0 Å². The average Bonchev–Trinajstić information content (AvgIpc) is 3.30. The van der Waals surface area contributed by atoms with Gasteiger partial charge in [-0.25, -0.2) is 0 Å². The zero-order valence-electron chi connectivity index (χ0n) is 41.2. The van der Waals surface area contributed by atoms with Gasteiger partial charge in [0.05, 0.1) is 24.1 Å². The molecule has 15 nitrogen and oxygen atoms in total. The molecule has 8 rings (SSSR count). The van der Waals surface area contributed by atoms with E-state index in [1.54, 1.807) is 52.0 Å². The fourth-order valence-electron chi connectivity index (χ4n) is 8.97. The molecule has 4 aromatic carbocycles. The van der Waals surface area contributed by atoms with Gasteiger partial charge in [0.25, 0.3) is 11.8 Å². The van der Waals surface area contributed by atoms with Crippen LogP contribution in [0.2, 0.25) is 10.0 Å². The van der Waals surface area contributed by atoms with Crippen LogP contribution in [-0.2, 0) is 41.4 Å². The van der Waals surface area contributed by atoms with E-state index in [1.807, 2.05) is 48.5 Å². The van der Waals surface area contributed by atoms with Gasteiger partial charge in [0, 0.05) is 22.9 Å². The molecule has 4 aromatic rings. The van der Waals surface area contributed by atoms with Gasteiger partial charge in [0.2, 0.25) is 0 Å². The number of benzene rings is 4. The minimum Gasteiger partial charge on any atom is -0.857 e. The molecule has 4 aliphatic rings. The van der Waals surface area contributed by atoms with Crippen molar-refractivity contribution < 1.29 is 93.2 Å². The van der Waals surface area contributed by atoms with Crippen molar-refractivity contribution >= 4 is 52.4 Å². The topological polar surface area (TPSA) is 225 Å². The van der Waals surface area contributed by atoms with E-state index >= 15 is 0 Å². The molecule has 374 valence electrons. The van der Waals surface area contributed by atoms with Crippen LogP contribution in [0, 0.1) is 11.8 Å². The number of hydrogen-bond donors (Lipinski definition) is 6. The van der Waals surface area contributed by atoms with E-state index < -0.39 is 48.3 Å². The summed E-state index contributed by atoms with van der Waals surface area (Å²) in [5.41, 5.74) is 4.39. The smallest absolute Gasteiger partial charge is 0.857 e. The first-order chi connectivity index (χ1) is 32.6. The van der Waals surface area contributed by atoms with Crippen molar-refractivity contribution in [3.05, 3.63) is 116 Å². The number of anilines is 2. The molecule has 0 saturated carbocycles. The van der Waals surface area contributed by atoms with Crippen LogP contribution in [0.4, 0.5) is 11.4 Å². The zero-order chi connectivity index (χ0) is 50.7. The van der Waals surface area contributed by atoms with Crippen LogP contribution in [0.15, 0.2) is 72.8 Å². The SMILES string of the molecule is CC1(C)Oc2ccc(Cc3cc(C4O[C@H](CO)C(O)[C@H](O)C4O)ccc3Cl)cc2NC1=O.CC[C@H]1OC(c2ccc(Cl)c(Cc3ccc4c(c3)NC(=O)C(C)(C)O4)c2)C(OC(C)=O)[C@@H](C)C1C.C[O-].[Na+]. The van der Waals surface area contributed by atoms with E-state index in [0.29, 0.717) is 51.3 Å². The summed E-state index contributed by atoms with van der Waals surface area (Å²) in [6.45, 7) is 14.2. The molecule has 4 heterocycles. The number of carbonyl (C=O) groups excluding carboxylic acids is 3.